The van der Waals surface area contributed by atoms with Crippen LogP contribution in [-0.2, 0) is 0 Å². The van der Waals surface area contributed by atoms with E-state index in [2.05, 4.69) is 205 Å². The van der Waals surface area contributed by atoms with Crippen LogP contribution in [0.1, 0.15) is 0 Å². The largest absolute Gasteiger partial charge is 0.109 e. The van der Waals surface area contributed by atoms with Gasteiger partial charge in [0.2, 0.25) is 0 Å². The van der Waals surface area contributed by atoms with E-state index in [-0.39, 0.29) is 0 Å². The molecule has 41 heavy (non-hydrogen) atoms. The lowest BCUT2D eigenvalue weighted by Gasteiger charge is -2.22. The van der Waals surface area contributed by atoms with Gasteiger partial charge >= 0.3 is 0 Å². The molecule has 0 atom stereocenters. The molecule has 0 amide bonds. The van der Waals surface area contributed by atoms with Crippen molar-refractivity contribution in [2.75, 3.05) is 12.5 Å². The predicted octanol–water partition coefficient (Wildman–Crippen LogP) is 8.07. The second kappa shape index (κ2) is 16.2. The first-order chi connectivity index (χ1) is 20.3. The minimum Gasteiger partial charge on any atom is -0.0966 e. The third kappa shape index (κ3) is 7.90. The van der Waals surface area contributed by atoms with Gasteiger partial charge in [0.05, 0.1) is 6.66 Å². The van der Waals surface area contributed by atoms with Crippen molar-refractivity contribution in [2.45, 2.75) is 0 Å². The normalized spacial score (nSPS) is 10.5. The van der Waals surface area contributed by atoms with Crippen LogP contribution >= 0.6 is 31.1 Å². The topological polar surface area (TPSA) is 0 Å². The molecule has 0 heterocycles. The fraction of sp³-hybridized carbons (Fsp3) is 0.0526. The summed E-state index contributed by atoms with van der Waals surface area (Å²) < 4.78 is 0. The Bertz CT molecular complexity index is 1340. The van der Waals surface area contributed by atoms with Crippen molar-refractivity contribution >= 4 is 62.9 Å². The van der Waals surface area contributed by atoms with Gasteiger partial charge in [-0.05, 0) is 66.1 Å². The third-order valence-electron chi connectivity index (χ3n) is 6.86. The monoisotopic (exact) mass is 633 g/mol. The zero-order valence-corrected chi connectivity index (χ0v) is 27.0. The number of hydrogen-bond acceptors (Lipinski definition) is 0. The molecule has 204 valence electrons. The van der Waals surface area contributed by atoms with E-state index in [0.717, 1.165) is 0 Å². The van der Waals surface area contributed by atoms with Gasteiger partial charge in [-0.15, -0.1) is 0 Å². The average molecular weight is 635 g/mol. The molecule has 0 fully saturated rings. The van der Waals surface area contributed by atoms with Crippen LogP contribution in [0, 0.1) is 0 Å². The Kier molecular flexibility index (Phi) is 12.1. The molecular weight excluding hydrogens is 598 g/mol. The van der Waals surface area contributed by atoms with Crippen molar-refractivity contribution in [1.29, 1.82) is 0 Å². The summed E-state index contributed by atoms with van der Waals surface area (Å²) in [6, 6.07) is 65.0. The highest BCUT2D eigenvalue weighted by molar-refractivity contribution is 9.08. The molecule has 0 aliphatic rings. The van der Waals surface area contributed by atoms with Crippen molar-refractivity contribution in [1.82, 2.24) is 0 Å². The minimum atomic E-state index is -1.53. The van der Waals surface area contributed by atoms with Crippen molar-refractivity contribution < 1.29 is 0 Å². The lowest BCUT2D eigenvalue weighted by Crippen LogP contribution is -2.30. The summed E-state index contributed by atoms with van der Waals surface area (Å²) in [6.45, 7) is 2.41. The van der Waals surface area contributed by atoms with Crippen LogP contribution in [0.25, 0.3) is 0 Å². The number of hydrogen-bond donors (Lipinski definition) is 0. The first kappa shape index (κ1) is 30.6. The highest BCUT2D eigenvalue weighted by Gasteiger charge is 2.39. The van der Waals surface area contributed by atoms with Crippen LogP contribution in [0.3, 0.4) is 0 Å². The summed E-state index contributed by atoms with van der Waals surface area (Å²) in [5.41, 5.74) is 0. The summed E-state index contributed by atoms with van der Waals surface area (Å²) in [6.07, 6.45) is 0. The highest BCUT2D eigenvalue weighted by Crippen LogP contribution is 2.51. The summed E-state index contributed by atoms with van der Waals surface area (Å²) in [5.74, 6) is 1.81. The molecule has 0 saturated heterocycles. The van der Waals surface area contributed by atoms with E-state index in [4.69, 9.17) is 0 Å². The maximum absolute atomic E-state index is 2.94. The smallest absolute Gasteiger partial charge is 0.0966 e. The SMILES string of the molecule is CBr.C[P+](c1ccccc1)(c1ccccc1)c1ccccc1.c1ccc(P(c2ccccc2)c2ccccc2)cc1. The molecule has 6 aromatic rings. The van der Waals surface area contributed by atoms with Crippen molar-refractivity contribution in [2.24, 2.45) is 0 Å². The Balaban J connectivity index is 0.000000178. The van der Waals surface area contributed by atoms with Crippen molar-refractivity contribution in [3.05, 3.63) is 182 Å². The molecule has 0 aliphatic heterocycles. The number of benzene rings is 6. The van der Waals surface area contributed by atoms with Crippen LogP contribution in [0.5, 0.6) is 0 Å². The van der Waals surface area contributed by atoms with Crippen LogP contribution in [-0.4, -0.2) is 12.5 Å². The van der Waals surface area contributed by atoms with Crippen molar-refractivity contribution in [3.63, 3.8) is 0 Å². The standard InChI is InChI=1S/C19H18P.C18H15P.CH3Br/c1-20(17-11-5-2-6-12-17,18-13-7-3-8-14-18)19-15-9-4-10-16-19;1-4-10-16(11-5-1)19(17-12-6-2-7-13-17)18-14-8-3-9-15-18;1-2/h2-16H,1H3;1-15H;1H3/q+1;;. The number of alkyl halides is 1. The summed E-state index contributed by atoms with van der Waals surface area (Å²) >= 11 is 2.94. The van der Waals surface area contributed by atoms with Crippen LogP contribution in [0.4, 0.5) is 0 Å². The van der Waals surface area contributed by atoms with Gasteiger partial charge in [-0.1, -0.05) is 162 Å². The fourth-order valence-corrected chi connectivity index (χ4v) is 10.3. The van der Waals surface area contributed by atoms with Crippen LogP contribution in [0.2, 0.25) is 0 Å². The third-order valence-corrected chi connectivity index (χ3v) is 13.3. The molecule has 0 N–H and O–H groups in total. The molecule has 0 aliphatic carbocycles. The van der Waals surface area contributed by atoms with E-state index >= 15 is 0 Å². The molecule has 0 saturated carbocycles. The van der Waals surface area contributed by atoms with E-state index in [9.17, 15) is 0 Å². The van der Waals surface area contributed by atoms with Crippen LogP contribution in [0.15, 0.2) is 182 Å². The molecule has 0 radical (unpaired) electrons. The summed E-state index contributed by atoms with van der Waals surface area (Å²) in [4.78, 5) is 0. The van der Waals surface area contributed by atoms with E-state index in [1.165, 1.54) is 31.8 Å². The average Bonchev–Trinajstić information content (AvgIpc) is 3.08. The zero-order chi connectivity index (χ0) is 28.8. The number of rotatable bonds is 6. The Hall–Kier alpha value is -3.34. The van der Waals surface area contributed by atoms with Crippen LogP contribution < -0.4 is 31.8 Å². The first-order valence-electron chi connectivity index (χ1n) is 13.6. The van der Waals surface area contributed by atoms with Gasteiger partial charge in [-0.25, -0.2) is 0 Å². The second-order valence-corrected chi connectivity index (χ2v) is 15.1. The van der Waals surface area contributed by atoms with Gasteiger partial charge in [0.15, 0.2) is 0 Å². The molecule has 0 bridgehead atoms. The van der Waals surface area contributed by atoms with Crippen molar-refractivity contribution in [3.8, 4) is 0 Å². The quantitative estimate of drug-likeness (QED) is 0.129. The zero-order valence-electron chi connectivity index (χ0n) is 23.6. The fourth-order valence-electron chi connectivity index (χ4n) is 4.80. The molecule has 6 rings (SSSR count). The Morgan fingerprint density at radius 3 is 0.756 bits per heavy atom. The molecular formula is C38H36BrP2+. The van der Waals surface area contributed by atoms with Gasteiger partial charge in [0.25, 0.3) is 0 Å². The van der Waals surface area contributed by atoms with Gasteiger partial charge in [0, 0.05) is 0 Å². The molecule has 0 unspecified atom stereocenters. The minimum absolute atomic E-state index is 0.446. The van der Waals surface area contributed by atoms with Gasteiger partial charge in [-0.3, -0.25) is 0 Å². The van der Waals surface area contributed by atoms with E-state index < -0.39 is 15.2 Å². The molecule has 3 heteroatoms. The first-order valence-corrected chi connectivity index (χ1v) is 18.8. The maximum atomic E-state index is 2.94. The second-order valence-electron chi connectivity index (χ2n) is 9.35. The number of halogens is 1. The van der Waals surface area contributed by atoms with Gasteiger partial charge < -0.3 is 0 Å². The van der Waals surface area contributed by atoms with E-state index in [1.807, 2.05) is 5.83 Å². The molecule has 0 aromatic heterocycles. The molecule has 0 nitrogen and oxygen atoms in total. The predicted molar refractivity (Wildman–Crippen MR) is 191 cm³/mol. The summed E-state index contributed by atoms with van der Waals surface area (Å²) in [7, 11) is -1.97. The van der Waals surface area contributed by atoms with Gasteiger partial charge in [-0.2, -0.15) is 0 Å². The maximum Gasteiger partial charge on any atom is 0.109 e. The Morgan fingerprint density at radius 1 is 0.341 bits per heavy atom. The van der Waals surface area contributed by atoms with E-state index in [0.29, 0.717) is 0 Å². The lowest BCUT2D eigenvalue weighted by molar-refractivity contribution is 1.72. The van der Waals surface area contributed by atoms with E-state index in [1.54, 1.807) is 0 Å². The lowest BCUT2D eigenvalue weighted by atomic mass is 10.4. The summed E-state index contributed by atoms with van der Waals surface area (Å²) in [5, 5.41) is 8.48. The molecule has 6 aromatic carbocycles. The Morgan fingerprint density at radius 2 is 0.537 bits per heavy atom. The Labute approximate surface area is 256 Å². The molecule has 0 spiro atoms. The van der Waals surface area contributed by atoms with Gasteiger partial charge in [0.1, 0.15) is 23.2 Å². The highest BCUT2D eigenvalue weighted by atomic mass is 79.9.